The Balaban J connectivity index is 4.38. The smallest absolute Gasteiger partial charge is 0.0180 e. The zero-order valence-corrected chi connectivity index (χ0v) is 11.0. The normalized spacial score (nSPS) is 15.0. The molecule has 1 atom stereocenters. The first kappa shape index (κ1) is 13.4. The number of hydrogen-bond donors (Lipinski definition) is 0. The highest BCUT2D eigenvalue weighted by molar-refractivity contribution is 8.01. The van der Waals surface area contributed by atoms with Gasteiger partial charge < -0.3 is 0 Å². The van der Waals surface area contributed by atoms with Gasteiger partial charge in [0.1, 0.15) is 0 Å². The van der Waals surface area contributed by atoms with Crippen LogP contribution in [0.5, 0.6) is 0 Å². The van der Waals surface area contributed by atoms with Crippen molar-refractivity contribution in [3.8, 4) is 0 Å². The monoisotopic (exact) mass is 202 g/mol. The molecule has 0 fully saturated rings. The van der Waals surface area contributed by atoms with E-state index in [1.165, 1.54) is 19.3 Å². The van der Waals surface area contributed by atoms with Crippen LogP contribution in [0.15, 0.2) is 0 Å². The molecule has 0 rings (SSSR count). The molecule has 1 heteroatoms. The van der Waals surface area contributed by atoms with E-state index in [0.29, 0.717) is 4.75 Å². The molecule has 80 valence electrons. The van der Waals surface area contributed by atoms with Gasteiger partial charge in [-0.2, -0.15) is 11.8 Å². The summed E-state index contributed by atoms with van der Waals surface area (Å²) < 4.78 is 0.523. The number of thioether (sulfide) groups is 1. The maximum absolute atomic E-state index is 2.36. The van der Waals surface area contributed by atoms with Gasteiger partial charge in [0.2, 0.25) is 0 Å². The van der Waals surface area contributed by atoms with Crippen molar-refractivity contribution in [2.24, 2.45) is 5.92 Å². The average Bonchev–Trinajstić information content (AvgIpc) is 2.13. The van der Waals surface area contributed by atoms with Gasteiger partial charge >= 0.3 is 0 Å². The van der Waals surface area contributed by atoms with Crippen molar-refractivity contribution < 1.29 is 0 Å². The highest BCUT2D eigenvalue weighted by Gasteiger charge is 2.31. The predicted octanol–water partition coefficient (Wildman–Crippen LogP) is 4.73. The third-order valence-electron chi connectivity index (χ3n) is 3.26. The van der Waals surface area contributed by atoms with Crippen LogP contribution < -0.4 is 0 Å². The molecule has 0 spiro atoms. The van der Waals surface area contributed by atoms with Gasteiger partial charge in [-0.05, 0) is 25.2 Å². The fourth-order valence-electron chi connectivity index (χ4n) is 1.85. The second-order valence-electron chi connectivity index (χ2n) is 4.26. The molecule has 0 aliphatic carbocycles. The van der Waals surface area contributed by atoms with Gasteiger partial charge in [0, 0.05) is 10.00 Å². The molecule has 0 aliphatic rings. The van der Waals surface area contributed by atoms with Crippen LogP contribution in [-0.2, 0) is 0 Å². The van der Waals surface area contributed by atoms with Crippen molar-refractivity contribution in [1.29, 1.82) is 0 Å². The molecule has 0 saturated carbocycles. The highest BCUT2D eigenvalue weighted by atomic mass is 32.2. The topological polar surface area (TPSA) is 0 Å². The zero-order valence-electron chi connectivity index (χ0n) is 10.2. The van der Waals surface area contributed by atoms with Crippen LogP contribution in [0.2, 0.25) is 0 Å². The standard InChI is InChI=1S/C12H26S/c1-7-11(6)13-12(8-2,9-3)10(4)5/h10-11H,7-9H2,1-6H3. The molecular formula is C12H26S. The molecule has 0 aliphatic heterocycles. The molecule has 0 saturated heterocycles. The number of hydrogen-bond acceptors (Lipinski definition) is 1. The fraction of sp³-hybridized carbons (Fsp3) is 1.00. The summed E-state index contributed by atoms with van der Waals surface area (Å²) in [4.78, 5) is 0. The Morgan fingerprint density at radius 3 is 1.69 bits per heavy atom. The molecule has 1 unspecified atom stereocenters. The first-order valence-corrected chi connectivity index (χ1v) is 6.58. The molecule has 0 radical (unpaired) electrons. The van der Waals surface area contributed by atoms with Crippen LogP contribution >= 0.6 is 11.8 Å². The van der Waals surface area contributed by atoms with E-state index in [1.807, 2.05) is 0 Å². The van der Waals surface area contributed by atoms with Crippen molar-refractivity contribution in [2.75, 3.05) is 0 Å². The van der Waals surface area contributed by atoms with E-state index in [1.54, 1.807) is 0 Å². The third kappa shape index (κ3) is 3.53. The maximum Gasteiger partial charge on any atom is 0.0180 e. The Hall–Kier alpha value is 0.350. The van der Waals surface area contributed by atoms with Crippen LogP contribution in [0.25, 0.3) is 0 Å². The fourth-order valence-corrected chi connectivity index (χ4v) is 3.43. The summed E-state index contributed by atoms with van der Waals surface area (Å²) in [6.07, 6.45) is 3.89. The molecule has 0 aromatic carbocycles. The highest BCUT2D eigenvalue weighted by Crippen LogP contribution is 2.42. The van der Waals surface area contributed by atoms with E-state index in [4.69, 9.17) is 0 Å². The van der Waals surface area contributed by atoms with Crippen LogP contribution in [0.1, 0.15) is 60.8 Å². The summed E-state index contributed by atoms with van der Waals surface area (Å²) in [5, 5.41) is 0.808. The van der Waals surface area contributed by atoms with E-state index < -0.39 is 0 Å². The molecule has 0 aromatic heterocycles. The second-order valence-corrected chi connectivity index (χ2v) is 6.12. The van der Waals surface area contributed by atoms with Crippen LogP contribution in [0, 0.1) is 5.92 Å². The minimum absolute atomic E-state index is 0.523. The van der Waals surface area contributed by atoms with Gasteiger partial charge in [0.05, 0.1) is 0 Å². The molecular weight excluding hydrogens is 176 g/mol. The van der Waals surface area contributed by atoms with Crippen LogP contribution in [0.4, 0.5) is 0 Å². The van der Waals surface area contributed by atoms with Gasteiger partial charge in [-0.25, -0.2) is 0 Å². The summed E-state index contributed by atoms with van der Waals surface area (Å²) in [6, 6.07) is 0. The van der Waals surface area contributed by atoms with Crippen LogP contribution in [-0.4, -0.2) is 10.00 Å². The summed E-state index contributed by atoms with van der Waals surface area (Å²) >= 11 is 2.20. The van der Waals surface area contributed by atoms with E-state index in [0.717, 1.165) is 11.2 Å². The van der Waals surface area contributed by atoms with Gasteiger partial charge in [-0.1, -0.05) is 41.5 Å². The summed E-state index contributed by atoms with van der Waals surface area (Å²) in [7, 11) is 0. The molecule has 0 bridgehead atoms. The number of rotatable bonds is 6. The van der Waals surface area contributed by atoms with E-state index in [2.05, 4.69) is 53.3 Å². The second kappa shape index (κ2) is 5.95. The van der Waals surface area contributed by atoms with Crippen molar-refractivity contribution in [3.63, 3.8) is 0 Å². The van der Waals surface area contributed by atoms with E-state index in [9.17, 15) is 0 Å². The van der Waals surface area contributed by atoms with Crippen LogP contribution in [0.3, 0.4) is 0 Å². The molecule has 13 heavy (non-hydrogen) atoms. The quantitative estimate of drug-likeness (QED) is 0.600. The van der Waals surface area contributed by atoms with Gasteiger partial charge in [0.25, 0.3) is 0 Å². The molecule has 0 heterocycles. The molecule has 0 aromatic rings. The molecule has 0 N–H and O–H groups in total. The summed E-state index contributed by atoms with van der Waals surface area (Å²) in [5.41, 5.74) is 0. The predicted molar refractivity (Wildman–Crippen MR) is 65.5 cm³/mol. The Morgan fingerprint density at radius 2 is 1.46 bits per heavy atom. The Bertz CT molecular complexity index is 125. The largest absolute Gasteiger partial charge is 0.152 e. The minimum atomic E-state index is 0.523. The third-order valence-corrected chi connectivity index (χ3v) is 5.51. The van der Waals surface area contributed by atoms with E-state index >= 15 is 0 Å². The van der Waals surface area contributed by atoms with Crippen molar-refractivity contribution in [1.82, 2.24) is 0 Å². The Labute approximate surface area is 88.9 Å². The summed E-state index contributed by atoms with van der Waals surface area (Å²) in [6.45, 7) is 14.0. The Kier molecular flexibility index (Phi) is 6.11. The zero-order chi connectivity index (χ0) is 10.5. The van der Waals surface area contributed by atoms with Crippen molar-refractivity contribution in [3.05, 3.63) is 0 Å². The van der Waals surface area contributed by atoms with Gasteiger partial charge in [-0.3, -0.25) is 0 Å². The lowest BCUT2D eigenvalue weighted by atomic mass is 9.90. The lowest BCUT2D eigenvalue weighted by molar-refractivity contribution is 0.408. The average molecular weight is 202 g/mol. The SMILES string of the molecule is CCC(C)SC(CC)(CC)C(C)C. The summed E-state index contributed by atoms with van der Waals surface area (Å²) in [5.74, 6) is 0.793. The van der Waals surface area contributed by atoms with Gasteiger partial charge in [0.15, 0.2) is 0 Å². The van der Waals surface area contributed by atoms with Crippen molar-refractivity contribution >= 4 is 11.8 Å². The van der Waals surface area contributed by atoms with Crippen molar-refractivity contribution in [2.45, 2.75) is 70.8 Å². The Morgan fingerprint density at radius 1 is 1.00 bits per heavy atom. The maximum atomic E-state index is 2.36. The lowest BCUT2D eigenvalue weighted by Crippen LogP contribution is -2.31. The first-order valence-electron chi connectivity index (χ1n) is 5.70. The molecule has 0 nitrogen and oxygen atoms in total. The first-order chi connectivity index (χ1) is 6.02. The molecule has 0 amide bonds. The van der Waals surface area contributed by atoms with Gasteiger partial charge in [-0.15, -0.1) is 0 Å². The minimum Gasteiger partial charge on any atom is -0.152 e. The van der Waals surface area contributed by atoms with E-state index in [-0.39, 0.29) is 0 Å². The lowest BCUT2D eigenvalue weighted by Gasteiger charge is -2.37.